The van der Waals surface area contributed by atoms with E-state index in [1.807, 2.05) is 0 Å². The third-order valence-electron chi connectivity index (χ3n) is 2.83. The van der Waals surface area contributed by atoms with Crippen molar-refractivity contribution in [2.45, 2.75) is 25.9 Å². The minimum atomic E-state index is -0.567. The lowest BCUT2D eigenvalue weighted by molar-refractivity contribution is -0.127. The van der Waals surface area contributed by atoms with Crippen LogP contribution in [-0.4, -0.2) is 18.6 Å². The lowest BCUT2D eigenvalue weighted by Crippen LogP contribution is -2.37. The molecule has 1 saturated carbocycles. The lowest BCUT2D eigenvalue weighted by Gasteiger charge is -2.15. The Morgan fingerprint density at radius 3 is 2.83 bits per heavy atom. The molecule has 2 rings (SSSR count). The summed E-state index contributed by atoms with van der Waals surface area (Å²) in [5.74, 6) is 1.00. The molecule has 98 valence electrons. The Balaban J connectivity index is 1.88. The number of carbonyl (C=O) groups is 1. The molecule has 1 aliphatic rings. The Morgan fingerprint density at radius 1 is 1.50 bits per heavy atom. The predicted molar refractivity (Wildman–Crippen MR) is 72.3 cm³/mol. The number of hydrogen-bond acceptors (Lipinski definition) is 2. The highest BCUT2D eigenvalue weighted by atomic mass is 35.5. The summed E-state index contributed by atoms with van der Waals surface area (Å²) in [4.78, 5) is 11.8. The van der Waals surface area contributed by atoms with E-state index < -0.39 is 6.10 Å². The van der Waals surface area contributed by atoms with Crippen LogP contribution in [0.3, 0.4) is 0 Å². The summed E-state index contributed by atoms with van der Waals surface area (Å²) < 4.78 is 5.51. The summed E-state index contributed by atoms with van der Waals surface area (Å²) in [5.41, 5.74) is 0. The van der Waals surface area contributed by atoms with Crippen LogP contribution in [0.4, 0.5) is 0 Å². The first kappa shape index (κ1) is 13.5. The fourth-order valence-corrected chi connectivity index (χ4v) is 1.98. The normalized spacial score (nSPS) is 16.2. The monoisotopic (exact) mass is 287 g/mol. The maximum Gasteiger partial charge on any atom is 0.260 e. The average Bonchev–Trinajstić information content (AvgIpc) is 3.13. The first-order valence-corrected chi connectivity index (χ1v) is 6.71. The van der Waals surface area contributed by atoms with E-state index in [0.29, 0.717) is 21.7 Å². The zero-order chi connectivity index (χ0) is 13.1. The highest BCUT2D eigenvalue weighted by Gasteiger charge is 2.23. The van der Waals surface area contributed by atoms with Gasteiger partial charge < -0.3 is 10.1 Å². The number of carbonyl (C=O) groups excluding carboxylic acids is 1. The van der Waals surface area contributed by atoms with Crippen LogP contribution in [0.1, 0.15) is 19.8 Å². The molecule has 1 aliphatic carbocycles. The van der Waals surface area contributed by atoms with Crippen LogP contribution in [0, 0.1) is 5.92 Å². The van der Waals surface area contributed by atoms with E-state index in [9.17, 15) is 4.79 Å². The Bertz CT molecular complexity index is 447. The maximum absolute atomic E-state index is 11.8. The van der Waals surface area contributed by atoms with Gasteiger partial charge in [-0.25, -0.2) is 0 Å². The van der Waals surface area contributed by atoms with Crippen LogP contribution >= 0.6 is 23.2 Å². The van der Waals surface area contributed by atoms with Crippen LogP contribution in [0.25, 0.3) is 0 Å². The second-order valence-electron chi connectivity index (χ2n) is 4.52. The zero-order valence-corrected chi connectivity index (χ0v) is 11.6. The third-order valence-corrected chi connectivity index (χ3v) is 3.36. The van der Waals surface area contributed by atoms with Crippen LogP contribution in [0.2, 0.25) is 10.0 Å². The summed E-state index contributed by atoms with van der Waals surface area (Å²) in [5, 5.41) is 3.81. The van der Waals surface area contributed by atoms with Gasteiger partial charge in [0.05, 0.1) is 5.02 Å². The quantitative estimate of drug-likeness (QED) is 0.903. The highest BCUT2D eigenvalue weighted by molar-refractivity contribution is 6.35. The van der Waals surface area contributed by atoms with Crippen molar-refractivity contribution in [1.29, 1.82) is 0 Å². The molecule has 3 nitrogen and oxygen atoms in total. The van der Waals surface area contributed by atoms with Crippen LogP contribution < -0.4 is 10.1 Å². The van der Waals surface area contributed by atoms with Crippen molar-refractivity contribution in [1.82, 2.24) is 5.32 Å². The molecular weight excluding hydrogens is 273 g/mol. The molecule has 0 saturated heterocycles. The van der Waals surface area contributed by atoms with Crippen molar-refractivity contribution in [2.75, 3.05) is 6.54 Å². The van der Waals surface area contributed by atoms with Gasteiger partial charge in [-0.3, -0.25) is 4.79 Å². The molecule has 1 atom stereocenters. The van der Waals surface area contributed by atoms with Gasteiger partial charge in [0.15, 0.2) is 6.10 Å². The van der Waals surface area contributed by atoms with Crippen molar-refractivity contribution in [2.24, 2.45) is 5.92 Å². The number of ether oxygens (including phenoxy) is 1. The van der Waals surface area contributed by atoms with Gasteiger partial charge in [-0.2, -0.15) is 0 Å². The predicted octanol–water partition coefficient (Wildman–Crippen LogP) is 3.29. The topological polar surface area (TPSA) is 38.3 Å². The van der Waals surface area contributed by atoms with E-state index in [4.69, 9.17) is 27.9 Å². The first-order chi connectivity index (χ1) is 8.56. The third kappa shape index (κ3) is 3.79. The highest BCUT2D eigenvalue weighted by Crippen LogP contribution is 2.29. The number of halogens is 2. The number of amides is 1. The Labute approximate surface area is 116 Å². The van der Waals surface area contributed by atoms with Crippen molar-refractivity contribution >= 4 is 29.1 Å². The molecule has 0 heterocycles. The Kier molecular flexibility index (Phi) is 4.36. The van der Waals surface area contributed by atoms with E-state index in [-0.39, 0.29) is 5.91 Å². The summed E-state index contributed by atoms with van der Waals surface area (Å²) in [6.07, 6.45) is 1.85. The van der Waals surface area contributed by atoms with E-state index >= 15 is 0 Å². The fourth-order valence-electron chi connectivity index (χ4n) is 1.53. The van der Waals surface area contributed by atoms with Gasteiger partial charge in [-0.1, -0.05) is 23.2 Å². The molecule has 0 aliphatic heterocycles. The SMILES string of the molecule is CC(Oc1ccc(Cl)cc1Cl)C(=O)NCC1CC1. The van der Waals surface area contributed by atoms with Crippen molar-refractivity contribution < 1.29 is 9.53 Å². The molecule has 0 bridgehead atoms. The van der Waals surface area contributed by atoms with Crippen molar-refractivity contribution in [3.8, 4) is 5.75 Å². The fraction of sp³-hybridized carbons (Fsp3) is 0.462. The Hall–Kier alpha value is -0.930. The van der Waals surface area contributed by atoms with Gasteiger partial charge in [-0.05, 0) is 43.9 Å². The Morgan fingerprint density at radius 2 is 2.22 bits per heavy atom. The molecule has 5 heteroatoms. The van der Waals surface area contributed by atoms with Crippen molar-refractivity contribution in [3.63, 3.8) is 0 Å². The molecule has 1 aromatic rings. The molecule has 1 amide bonds. The largest absolute Gasteiger partial charge is 0.479 e. The summed E-state index contributed by atoms with van der Waals surface area (Å²) in [7, 11) is 0. The molecule has 0 aromatic heterocycles. The number of nitrogens with one attached hydrogen (secondary N) is 1. The van der Waals surface area contributed by atoms with E-state index in [1.54, 1.807) is 25.1 Å². The molecule has 1 fully saturated rings. The number of benzene rings is 1. The van der Waals surface area contributed by atoms with E-state index in [1.165, 1.54) is 12.8 Å². The minimum Gasteiger partial charge on any atom is -0.479 e. The van der Waals surface area contributed by atoms with Crippen molar-refractivity contribution in [3.05, 3.63) is 28.2 Å². The minimum absolute atomic E-state index is 0.118. The molecule has 1 unspecified atom stereocenters. The van der Waals surface area contributed by atoms with Crippen LogP contribution in [-0.2, 0) is 4.79 Å². The number of hydrogen-bond donors (Lipinski definition) is 1. The second kappa shape index (κ2) is 5.81. The molecule has 0 radical (unpaired) electrons. The van der Waals surface area contributed by atoms with Gasteiger partial charge in [-0.15, -0.1) is 0 Å². The zero-order valence-electron chi connectivity index (χ0n) is 10.1. The van der Waals surface area contributed by atoms with Gasteiger partial charge in [0, 0.05) is 11.6 Å². The molecule has 18 heavy (non-hydrogen) atoms. The number of rotatable bonds is 5. The first-order valence-electron chi connectivity index (χ1n) is 5.95. The summed E-state index contributed by atoms with van der Waals surface area (Å²) in [6, 6.07) is 4.93. The van der Waals surface area contributed by atoms with Gasteiger partial charge >= 0.3 is 0 Å². The van der Waals surface area contributed by atoms with Gasteiger partial charge in [0.1, 0.15) is 5.75 Å². The molecule has 1 aromatic carbocycles. The standard InChI is InChI=1S/C13H15Cl2NO2/c1-8(13(17)16-7-9-2-3-9)18-12-5-4-10(14)6-11(12)15/h4-6,8-9H,2-3,7H2,1H3,(H,16,17). The lowest BCUT2D eigenvalue weighted by atomic mass is 10.3. The smallest absolute Gasteiger partial charge is 0.260 e. The van der Waals surface area contributed by atoms with E-state index in [0.717, 1.165) is 6.54 Å². The van der Waals surface area contributed by atoms with E-state index in [2.05, 4.69) is 5.32 Å². The molecular formula is C13H15Cl2NO2. The molecule has 0 spiro atoms. The summed E-state index contributed by atoms with van der Waals surface area (Å²) in [6.45, 7) is 2.44. The summed E-state index contributed by atoms with van der Waals surface area (Å²) >= 11 is 11.8. The van der Waals surface area contributed by atoms with Crippen LogP contribution in [0.15, 0.2) is 18.2 Å². The molecule has 1 N–H and O–H groups in total. The van der Waals surface area contributed by atoms with Gasteiger partial charge in [0.2, 0.25) is 0 Å². The average molecular weight is 288 g/mol. The maximum atomic E-state index is 11.8. The van der Waals surface area contributed by atoms with Crippen LogP contribution in [0.5, 0.6) is 5.75 Å². The second-order valence-corrected chi connectivity index (χ2v) is 5.37. The van der Waals surface area contributed by atoms with Gasteiger partial charge in [0.25, 0.3) is 5.91 Å².